The van der Waals surface area contributed by atoms with Crippen LogP contribution in [-0.2, 0) is 0 Å². The molecule has 0 aliphatic rings. The van der Waals surface area contributed by atoms with Crippen LogP contribution in [0.15, 0.2) is 0 Å². The summed E-state index contributed by atoms with van der Waals surface area (Å²) in [7, 11) is 1.60. The van der Waals surface area contributed by atoms with Gasteiger partial charge in [0.15, 0.2) is 0 Å². The third kappa shape index (κ3) is 5.95. The summed E-state index contributed by atoms with van der Waals surface area (Å²) in [5, 5.41) is 6.96. The van der Waals surface area contributed by atoms with E-state index in [0.29, 0.717) is 6.54 Å². The minimum Gasteiger partial charge on any atom is -0.387 e. The maximum absolute atomic E-state index is 12.5. The number of rotatable bonds is 4. The van der Waals surface area contributed by atoms with Gasteiger partial charge in [-0.15, -0.1) is 0 Å². The first-order valence-corrected chi connectivity index (χ1v) is 5.02. The molecule has 0 rings (SSSR count). The SMILES string of the molecule is CN(CC(C(=N)N)C(F)(F)F)CC(C)(C)C. The second-order valence-electron chi connectivity index (χ2n) is 5.31. The van der Waals surface area contributed by atoms with E-state index in [2.05, 4.69) is 0 Å². The lowest BCUT2D eigenvalue weighted by Gasteiger charge is -2.30. The third-order valence-electron chi connectivity index (χ3n) is 2.01. The van der Waals surface area contributed by atoms with E-state index in [1.807, 2.05) is 20.8 Å². The smallest absolute Gasteiger partial charge is 0.387 e. The molecule has 16 heavy (non-hydrogen) atoms. The second kappa shape index (κ2) is 5.03. The predicted molar refractivity (Wildman–Crippen MR) is 58.4 cm³/mol. The van der Waals surface area contributed by atoms with Crippen molar-refractivity contribution < 1.29 is 13.2 Å². The minimum absolute atomic E-state index is 0.0817. The van der Waals surface area contributed by atoms with Gasteiger partial charge in [0.2, 0.25) is 0 Å². The molecule has 1 unspecified atom stereocenters. The molecule has 0 aliphatic carbocycles. The van der Waals surface area contributed by atoms with Crippen LogP contribution in [0.2, 0.25) is 0 Å². The Kier molecular flexibility index (Phi) is 4.79. The molecule has 0 spiro atoms. The van der Waals surface area contributed by atoms with Crippen LogP contribution in [0.4, 0.5) is 13.2 Å². The molecule has 0 aliphatic heterocycles. The van der Waals surface area contributed by atoms with Gasteiger partial charge in [0.25, 0.3) is 0 Å². The second-order valence-corrected chi connectivity index (χ2v) is 5.31. The molecule has 0 saturated carbocycles. The Balaban J connectivity index is 4.49. The van der Waals surface area contributed by atoms with Crippen LogP contribution < -0.4 is 5.73 Å². The summed E-state index contributed by atoms with van der Waals surface area (Å²) in [6.07, 6.45) is -4.45. The Morgan fingerprint density at radius 3 is 2.00 bits per heavy atom. The van der Waals surface area contributed by atoms with E-state index in [4.69, 9.17) is 11.1 Å². The van der Waals surface area contributed by atoms with Crippen LogP contribution in [0.3, 0.4) is 0 Å². The van der Waals surface area contributed by atoms with E-state index in [1.165, 1.54) is 0 Å². The van der Waals surface area contributed by atoms with Crippen LogP contribution in [0.1, 0.15) is 20.8 Å². The largest absolute Gasteiger partial charge is 0.399 e. The quantitative estimate of drug-likeness (QED) is 0.583. The molecule has 0 amide bonds. The fraction of sp³-hybridized carbons (Fsp3) is 0.900. The Labute approximate surface area is 94.3 Å². The summed E-state index contributed by atoms with van der Waals surface area (Å²) < 4.78 is 37.5. The minimum atomic E-state index is -4.45. The number of nitrogens with two attached hydrogens (primary N) is 1. The van der Waals surface area contributed by atoms with Crippen molar-refractivity contribution in [3.8, 4) is 0 Å². The van der Waals surface area contributed by atoms with E-state index in [1.54, 1.807) is 11.9 Å². The first-order valence-electron chi connectivity index (χ1n) is 5.02. The highest BCUT2D eigenvalue weighted by molar-refractivity contribution is 5.80. The molecule has 0 saturated heterocycles. The van der Waals surface area contributed by atoms with Crippen LogP contribution >= 0.6 is 0 Å². The summed E-state index contributed by atoms with van der Waals surface area (Å²) in [5.41, 5.74) is 4.89. The van der Waals surface area contributed by atoms with Crippen molar-refractivity contribution in [2.45, 2.75) is 26.9 Å². The van der Waals surface area contributed by atoms with Gasteiger partial charge in [-0.25, -0.2) is 0 Å². The Morgan fingerprint density at radius 1 is 1.31 bits per heavy atom. The molecule has 1 atom stereocenters. The van der Waals surface area contributed by atoms with Crippen molar-refractivity contribution >= 4 is 5.84 Å². The number of halogens is 3. The number of hydrogen-bond acceptors (Lipinski definition) is 2. The fourth-order valence-electron chi connectivity index (χ4n) is 1.56. The topological polar surface area (TPSA) is 53.1 Å². The molecule has 0 aromatic heterocycles. The zero-order chi connectivity index (χ0) is 13.1. The molecule has 0 radical (unpaired) electrons. The van der Waals surface area contributed by atoms with Gasteiger partial charge in [-0.3, -0.25) is 5.41 Å². The van der Waals surface area contributed by atoms with Crippen molar-refractivity contribution in [1.29, 1.82) is 5.41 Å². The van der Waals surface area contributed by atoms with Gasteiger partial charge in [0.1, 0.15) is 11.8 Å². The predicted octanol–water partition coefficient (Wildman–Crippen LogP) is 2.08. The first kappa shape index (κ1) is 15.2. The van der Waals surface area contributed by atoms with Gasteiger partial charge in [-0.1, -0.05) is 20.8 Å². The van der Waals surface area contributed by atoms with Gasteiger partial charge in [-0.2, -0.15) is 13.2 Å². The van der Waals surface area contributed by atoms with E-state index in [-0.39, 0.29) is 12.0 Å². The zero-order valence-electron chi connectivity index (χ0n) is 10.2. The summed E-state index contributed by atoms with van der Waals surface area (Å²) in [4.78, 5) is 1.56. The van der Waals surface area contributed by atoms with Crippen LogP contribution in [0.5, 0.6) is 0 Å². The summed E-state index contributed by atoms with van der Waals surface area (Å²) in [6.45, 7) is 6.09. The number of alkyl halides is 3. The fourth-order valence-corrected chi connectivity index (χ4v) is 1.56. The first-order chi connectivity index (χ1) is 6.93. The Hall–Kier alpha value is -0.780. The molecule has 0 heterocycles. The number of amidine groups is 1. The maximum atomic E-state index is 12.5. The van der Waals surface area contributed by atoms with Crippen LogP contribution in [0, 0.1) is 16.7 Å². The van der Waals surface area contributed by atoms with Crippen molar-refractivity contribution in [3.63, 3.8) is 0 Å². The maximum Gasteiger partial charge on any atom is 0.399 e. The average Bonchev–Trinajstić information content (AvgIpc) is 1.93. The normalized spacial score (nSPS) is 15.2. The molecule has 0 aromatic rings. The summed E-state index contributed by atoms with van der Waals surface area (Å²) in [5.74, 6) is -2.70. The van der Waals surface area contributed by atoms with Gasteiger partial charge in [0, 0.05) is 13.1 Å². The van der Waals surface area contributed by atoms with E-state index in [9.17, 15) is 13.2 Å². The zero-order valence-corrected chi connectivity index (χ0v) is 10.2. The number of hydrogen-bond donors (Lipinski definition) is 2. The van der Waals surface area contributed by atoms with Crippen LogP contribution in [-0.4, -0.2) is 37.0 Å². The molecule has 96 valence electrons. The van der Waals surface area contributed by atoms with Crippen molar-refractivity contribution in [2.75, 3.05) is 20.1 Å². The van der Waals surface area contributed by atoms with Gasteiger partial charge < -0.3 is 10.6 Å². The molecule has 0 bridgehead atoms. The standard InChI is InChI=1S/C10H20F3N3/c1-9(2,3)6-16(4)5-7(8(14)15)10(11,12)13/h7H,5-6H2,1-4H3,(H3,14,15). The lowest BCUT2D eigenvalue weighted by Crippen LogP contribution is -2.44. The molecule has 3 nitrogen and oxygen atoms in total. The highest BCUT2D eigenvalue weighted by Gasteiger charge is 2.42. The number of nitrogens with zero attached hydrogens (tertiary/aromatic N) is 1. The lowest BCUT2D eigenvalue weighted by atomic mass is 9.95. The molecular formula is C10H20F3N3. The number of nitrogens with one attached hydrogen (secondary N) is 1. The highest BCUT2D eigenvalue weighted by atomic mass is 19.4. The molecular weight excluding hydrogens is 219 g/mol. The van der Waals surface area contributed by atoms with E-state index >= 15 is 0 Å². The van der Waals surface area contributed by atoms with Crippen molar-refractivity contribution in [3.05, 3.63) is 0 Å². The summed E-state index contributed by atoms with van der Waals surface area (Å²) in [6, 6.07) is 0. The Bertz CT molecular complexity index is 243. The summed E-state index contributed by atoms with van der Waals surface area (Å²) >= 11 is 0. The molecule has 0 fully saturated rings. The highest BCUT2D eigenvalue weighted by Crippen LogP contribution is 2.27. The van der Waals surface area contributed by atoms with Crippen LogP contribution in [0.25, 0.3) is 0 Å². The van der Waals surface area contributed by atoms with Crippen molar-refractivity contribution in [2.24, 2.45) is 17.1 Å². The lowest BCUT2D eigenvalue weighted by molar-refractivity contribution is -0.159. The average molecular weight is 239 g/mol. The molecule has 0 aromatic carbocycles. The van der Waals surface area contributed by atoms with Gasteiger partial charge in [0.05, 0.1) is 0 Å². The van der Waals surface area contributed by atoms with Gasteiger partial charge >= 0.3 is 6.18 Å². The van der Waals surface area contributed by atoms with Gasteiger partial charge in [-0.05, 0) is 12.5 Å². The molecule has 6 heteroatoms. The van der Waals surface area contributed by atoms with E-state index in [0.717, 1.165) is 0 Å². The monoisotopic (exact) mass is 239 g/mol. The van der Waals surface area contributed by atoms with Crippen molar-refractivity contribution in [1.82, 2.24) is 4.90 Å². The molecule has 3 N–H and O–H groups in total. The third-order valence-corrected chi connectivity index (χ3v) is 2.01. The Morgan fingerprint density at radius 2 is 1.75 bits per heavy atom. The van der Waals surface area contributed by atoms with E-state index < -0.39 is 17.9 Å².